The Hall–Kier alpha value is -2.00. The minimum atomic E-state index is 0.496. The minimum Gasteiger partial charge on any atom is -0.381 e. The SMILES string of the molecule is CC(c1ccccc1C(=N)c1ccc(C2CCOCC2)nc1)C1CCCCC1. The lowest BCUT2D eigenvalue weighted by atomic mass is 9.76. The molecule has 1 atom stereocenters. The van der Waals surface area contributed by atoms with Crippen molar-refractivity contribution in [2.24, 2.45) is 5.92 Å². The molecule has 2 fully saturated rings. The van der Waals surface area contributed by atoms with Crippen LogP contribution in [0.25, 0.3) is 0 Å². The van der Waals surface area contributed by atoms with Gasteiger partial charge in [-0.3, -0.25) is 10.4 Å². The number of hydrogen-bond donors (Lipinski definition) is 1. The molecule has 4 rings (SSSR count). The molecule has 1 aliphatic heterocycles. The lowest BCUT2D eigenvalue weighted by molar-refractivity contribution is 0.0845. The monoisotopic (exact) mass is 376 g/mol. The zero-order chi connectivity index (χ0) is 19.3. The summed E-state index contributed by atoms with van der Waals surface area (Å²) in [6.07, 6.45) is 10.7. The first kappa shape index (κ1) is 19.3. The number of nitrogens with one attached hydrogen (secondary N) is 1. The predicted octanol–water partition coefficient (Wildman–Crippen LogP) is 6.08. The summed E-state index contributed by atoms with van der Waals surface area (Å²) in [5.41, 5.74) is 5.06. The van der Waals surface area contributed by atoms with E-state index in [1.807, 2.05) is 6.20 Å². The zero-order valence-corrected chi connectivity index (χ0v) is 17.0. The van der Waals surface area contributed by atoms with Gasteiger partial charge in [-0.15, -0.1) is 0 Å². The van der Waals surface area contributed by atoms with E-state index in [1.54, 1.807) is 0 Å². The van der Waals surface area contributed by atoms with Crippen LogP contribution in [0.4, 0.5) is 0 Å². The summed E-state index contributed by atoms with van der Waals surface area (Å²) in [6.45, 7) is 4.02. The lowest BCUT2D eigenvalue weighted by Gasteiger charge is -2.29. The van der Waals surface area contributed by atoms with Crippen molar-refractivity contribution >= 4 is 5.71 Å². The van der Waals surface area contributed by atoms with Crippen LogP contribution in [-0.4, -0.2) is 23.9 Å². The summed E-state index contributed by atoms with van der Waals surface area (Å²) >= 11 is 0. The first-order valence-corrected chi connectivity index (χ1v) is 11.0. The fourth-order valence-electron chi connectivity index (χ4n) is 4.95. The van der Waals surface area contributed by atoms with Crippen LogP contribution in [0, 0.1) is 11.3 Å². The van der Waals surface area contributed by atoms with E-state index in [1.165, 1.54) is 37.7 Å². The number of pyridine rings is 1. The Morgan fingerprint density at radius 3 is 2.46 bits per heavy atom. The van der Waals surface area contributed by atoms with Crippen molar-refractivity contribution in [1.82, 2.24) is 4.98 Å². The van der Waals surface area contributed by atoms with Gasteiger partial charge in [-0.25, -0.2) is 0 Å². The second-order valence-electron chi connectivity index (χ2n) is 8.51. The Balaban J connectivity index is 1.54. The van der Waals surface area contributed by atoms with Gasteiger partial charge in [0.25, 0.3) is 0 Å². The van der Waals surface area contributed by atoms with E-state index < -0.39 is 0 Å². The molecule has 0 bridgehead atoms. The molecular formula is C25H32N2O. The summed E-state index contributed by atoms with van der Waals surface area (Å²) < 4.78 is 5.46. The van der Waals surface area contributed by atoms with Crippen LogP contribution >= 0.6 is 0 Å². The van der Waals surface area contributed by atoms with Gasteiger partial charge in [-0.05, 0) is 55.2 Å². The number of ether oxygens (including phenoxy) is 1. The molecular weight excluding hydrogens is 344 g/mol. The van der Waals surface area contributed by atoms with E-state index in [-0.39, 0.29) is 0 Å². The smallest absolute Gasteiger partial charge is 0.0702 e. The molecule has 1 aromatic heterocycles. The Labute approximate surface area is 169 Å². The highest BCUT2D eigenvalue weighted by Gasteiger charge is 2.24. The van der Waals surface area contributed by atoms with E-state index in [0.717, 1.165) is 48.8 Å². The number of benzene rings is 1. The van der Waals surface area contributed by atoms with Crippen molar-refractivity contribution in [3.63, 3.8) is 0 Å². The molecule has 0 spiro atoms. The van der Waals surface area contributed by atoms with Crippen molar-refractivity contribution in [3.8, 4) is 0 Å². The van der Waals surface area contributed by atoms with Crippen LogP contribution in [0.5, 0.6) is 0 Å². The van der Waals surface area contributed by atoms with E-state index in [2.05, 4.69) is 43.3 Å². The quantitative estimate of drug-likeness (QED) is 0.643. The van der Waals surface area contributed by atoms with Crippen LogP contribution in [0.3, 0.4) is 0 Å². The van der Waals surface area contributed by atoms with Gasteiger partial charge in [0.2, 0.25) is 0 Å². The highest BCUT2D eigenvalue weighted by atomic mass is 16.5. The Bertz CT molecular complexity index is 786. The maximum absolute atomic E-state index is 8.87. The number of hydrogen-bond acceptors (Lipinski definition) is 3. The Morgan fingerprint density at radius 1 is 1.00 bits per heavy atom. The molecule has 1 N–H and O–H groups in total. The van der Waals surface area contributed by atoms with Crippen molar-refractivity contribution in [3.05, 3.63) is 65.0 Å². The van der Waals surface area contributed by atoms with Crippen LogP contribution in [0.2, 0.25) is 0 Å². The molecule has 1 aromatic carbocycles. The molecule has 2 aromatic rings. The fraction of sp³-hybridized carbons (Fsp3) is 0.520. The van der Waals surface area contributed by atoms with E-state index in [9.17, 15) is 0 Å². The summed E-state index contributed by atoms with van der Waals surface area (Å²) in [5.74, 6) is 1.75. The van der Waals surface area contributed by atoms with Crippen LogP contribution in [0.15, 0.2) is 42.6 Å². The molecule has 0 radical (unpaired) electrons. The van der Waals surface area contributed by atoms with Crippen molar-refractivity contribution in [1.29, 1.82) is 5.41 Å². The molecule has 1 saturated heterocycles. The first-order chi connectivity index (χ1) is 13.7. The third-order valence-electron chi connectivity index (χ3n) is 6.79. The molecule has 148 valence electrons. The summed E-state index contributed by atoms with van der Waals surface area (Å²) in [6, 6.07) is 12.7. The topological polar surface area (TPSA) is 46.0 Å². The normalized spacial score (nSPS) is 20.0. The summed E-state index contributed by atoms with van der Waals surface area (Å²) in [4.78, 5) is 4.72. The molecule has 0 amide bonds. The van der Waals surface area contributed by atoms with Crippen LogP contribution in [-0.2, 0) is 4.74 Å². The van der Waals surface area contributed by atoms with Gasteiger partial charge in [0.1, 0.15) is 0 Å². The first-order valence-electron chi connectivity index (χ1n) is 11.0. The second-order valence-corrected chi connectivity index (χ2v) is 8.51. The molecule has 2 heterocycles. The molecule has 2 aliphatic rings. The standard InChI is InChI=1S/C25H32N2O/c1-18(19-7-3-2-4-8-19)22-9-5-6-10-23(22)25(26)21-11-12-24(27-17-21)20-13-15-28-16-14-20/h5-6,9-12,17-20,26H,2-4,7-8,13-16H2,1H3. The fourth-order valence-corrected chi connectivity index (χ4v) is 4.95. The molecule has 1 aliphatic carbocycles. The zero-order valence-electron chi connectivity index (χ0n) is 17.0. The summed E-state index contributed by atoms with van der Waals surface area (Å²) in [7, 11) is 0. The highest BCUT2D eigenvalue weighted by molar-refractivity contribution is 6.11. The van der Waals surface area contributed by atoms with Gasteiger partial charge in [0.15, 0.2) is 0 Å². The Morgan fingerprint density at radius 2 is 1.75 bits per heavy atom. The molecule has 1 saturated carbocycles. The lowest BCUT2D eigenvalue weighted by Crippen LogP contribution is -2.17. The minimum absolute atomic E-state index is 0.496. The third kappa shape index (κ3) is 4.20. The molecule has 28 heavy (non-hydrogen) atoms. The van der Waals surface area contributed by atoms with E-state index in [4.69, 9.17) is 15.1 Å². The van der Waals surface area contributed by atoms with Gasteiger partial charge in [-0.2, -0.15) is 0 Å². The maximum atomic E-state index is 8.87. The highest BCUT2D eigenvalue weighted by Crippen LogP contribution is 2.37. The molecule has 3 nitrogen and oxygen atoms in total. The largest absolute Gasteiger partial charge is 0.381 e. The van der Waals surface area contributed by atoms with Gasteiger partial charge in [0, 0.05) is 42.1 Å². The number of rotatable bonds is 5. The van der Waals surface area contributed by atoms with Crippen LogP contribution in [0.1, 0.15) is 86.1 Å². The van der Waals surface area contributed by atoms with E-state index in [0.29, 0.717) is 17.5 Å². The van der Waals surface area contributed by atoms with Crippen LogP contribution < -0.4 is 0 Å². The molecule has 3 heteroatoms. The average molecular weight is 377 g/mol. The third-order valence-corrected chi connectivity index (χ3v) is 6.79. The Kier molecular flexibility index (Phi) is 6.21. The van der Waals surface area contributed by atoms with Gasteiger partial charge < -0.3 is 4.74 Å². The maximum Gasteiger partial charge on any atom is 0.0702 e. The summed E-state index contributed by atoms with van der Waals surface area (Å²) in [5, 5.41) is 8.87. The van der Waals surface area contributed by atoms with Gasteiger partial charge in [-0.1, -0.05) is 50.5 Å². The number of aromatic nitrogens is 1. The van der Waals surface area contributed by atoms with E-state index >= 15 is 0 Å². The van der Waals surface area contributed by atoms with Crippen molar-refractivity contribution in [2.75, 3.05) is 13.2 Å². The van der Waals surface area contributed by atoms with Crippen molar-refractivity contribution in [2.45, 2.75) is 63.7 Å². The average Bonchev–Trinajstić information content (AvgIpc) is 2.79. The molecule has 1 unspecified atom stereocenters. The predicted molar refractivity (Wildman–Crippen MR) is 114 cm³/mol. The van der Waals surface area contributed by atoms with Gasteiger partial charge >= 0.3 is 0 Å². The number of nitrogens with zero attached hydrogens (tertiary/aromatic N) is 1. The van der Waals surface area contributed by atoms with Crippen molar-refractivity contribution < 1.29 is 4.74 Å². The van der Waals surface area contributed by atoms with Gasteiger partial charge in [0.05, 0.1) is 5.71 Å². The second kappa shape index (κ2) is 9.00.